The van der Waals surface area contributed by atoms with Crippen molar-refractivity contribution in [2.75, 3.05) is 27.2 Å². The van der Waals surface area contributed by atoms with Crippen LogP contribution in [0.25, 0.3) is 0 Å². The van der Waals surface area contributed by atoms with Crippen LogP contribution >= 0.6 is 0 Å². The number of nitrogens with zero attached hydrogens (tertiary/aromatic N) is 1. The van der Waals surface area contributed by atoms with Crippen molar-refractivity contribution in [1.29, 1.82) is 0 Å². The molecule has 2 N–H and O–H groups in total. The number of fused-ring (bicyclic) bond motifs is 1. The van der Waals surface area contributed by atoms with E-state index in [9.17, 15) is 4.79 Å². The van der Waals surface area contributed by atoms with Crippen molar-refractivity contribution in [2.45, 2.75) is 50.6 Å². The van der Waals surface area contributed by atoms with E-state index in [1.807, 2.05) is 19.0 Å². The molecular weight excluding hydrogens is 226 g/mol. The fraction of sp³-hybridized carbons (Fsp3) is 0.929. The maximum atomic E-state index is 12.3. The summed E-state index contributed by atoms with van der Waals surface area (Å²) in [5.41, 5.74) is 0. The molecule has 0 aromatic heterocycles. The molecule has 1 saturated carbocycles. The largest absolute Gasteiger partial charge is 0.344 e. The summed E-state index contributed by atoms with van der Waals surface area (Å²) in [6.07, 6.45) is 7.33. The van der Waals surface area contributed by atoms with Gasteiger partial charge in [-0.15, -0.1) is 0 Å². The van der Waals surface area contributed by atoms with Crippen molar-refractivity contribution in [2.24, 2.45) is 5.92 Å². The molecule has 2 rings (SSSR count). The van der Waals surface area contributed by atoms with E-state index in [1.165, 1.54) is 25.7 Å². The van der Waals surface area contributed by atoms with Crippen LogP contribution in [0.15, 0.2) is 0 Å². The number of rotatable bonds is 5. The van der Waals surface area contributed by atoms with Gasteiger partial charge in [0.1, 0.15) is 0 Å². The Morgan fingerprint density at radius 3 is 2.89 bits per heavy atom. The van der Waals surface area contributed by atoms with Gasteiger partial charge < -0.3 is 15.5 Å². The molecule has 2 fully saturated rings. The summed E-state index contributed by atoms with van der Waals surface area (Å²) < 4.78 is 0. The second-order valence-electron chi connectivity index (χ2n) is 5.82. The Morgan fingerprint density at radius 2 is 2.17 bits per heavy atom. The Balaban J connectivity index is 1.79. The predicted molar refractivity (Wildman–Crippen MR) is 73.5 cm³/mol. The average molecular weight is 253 g/mol. The minimum atomic E-state index is 0.0812. The molecule has 0 aromatic carbocycles. The molecule has 1 amide bonds. The summed E-state index contributed by atoms with van der Waals surface area (Å²) in [6, 6.07) is 0.691. The van der Waals surface area contributed by atoms with E-state index >= 15 is 0 Å². The Hall–Kier alpha value is -0.610. The molecule has 0 bridgehead atoms. The molecule has 4 nitrogen and oxygen atoms in total. The Labute approximate surface area is 110 Å². The molecule has 3 unspecified atom stereocenters. The lowest BCUT2D eigenvalue weighted by atomic mass is 9.85. The number of hydrogen-bond acceptors (Lipinski definition) is 3. The molecule has 0 aromatic rings. The minimum Gasteiger partial charge on any atom is -0.344 e. The van der Waals surface area contributed by atoms with Crippen molar-refractivity contribution < 1.29 is 4.79 Å². The van der Waals surface area contributed by atoms with Crippen LogP contribution in [0.3, 0.4) is 0 Å². The predicted octanol–water partition coefficient (Wildman–Crippen LogP) is 0.975. The lowest BCUT2D eigenvalue weighted by molar-refractivity contribution is -0.131. The summed E-state index contributed by atoms with van der Waals surface area (Å²) >= 11 is 0. The van der Waals surface area contributed by atoms with Gasteiger partial charge in [0.2, 0.25) is 5.91 Å². The van der Waals surface area contributed by atoms with Gasteiger partial charge in [-0.25, -0.2) is 0 Å². The molecule has 0 radical (unpaired) electrons. The fourth-order valence-corrected chi connectivity index (χ4v) is 3.38. The lowest BCUT2D eigenvalue weighted by Gasteiger charge is -2.24. The lowest BCUT2D eigenvalue weighted by Crippen LogP contribution is -2.44. The highest BCUT2D eigenvalue weighted by Gasteiger charge is 2.38. The number of carbonyl (C=O) groups excluding carboxylic acids is 1. The molecule has 3 atom stereocenters. The van der Waals surface area contributed by atoms with Crippen molar-refractivity contribution in [3.05, 3.63) is 0 Å². The van der Waals surface area contributed by atoms with E-state index in [4.69, 9.17) is 0 Å². The second kappa shape index (κ2) is 6.53. The number of hydrogen-bond donors (Lipinski definition) is 2. The minimum absolute atomic E-state index is 0.0812. The van der Waals surface area contributed by atoms with Gasteiger partial charge in [0, 0.05) is 19.6 Å². The highest BCUT2D eigenvalue weighted by molar-refractivity contribution is 5.82. The number of amides is 1. The monoisotopic (exact) mass is 253 g/mol. The van der Waals surface area contributed by atoms with Gasteiger partial charge in [0.05, 0.1) is 6.04 Å². The third-order valence-corrected chi connectivity index (χ3v) is 4.46. The average Bonchev–Trinajstić information content (AvgIpc) is 2.81. The van der Waals surface area contributed by atoms with Crippen LogP contribution < -0.4 is 10.6 Å². The maximum Gasteiger partial charge on any atom is 0.239 e. The zero-order valence-electron chi connectivity index (χ0n) is 11.7. The molecular formula is C14H27N3O. The first kappa shape index (κ1) is 13.8. The quantitative estimate of drug-likeness (QED) is 0.718. The number of likely N-dealkylation sites (N-methyl/N-ethyl adjacent to an activating group) is 1. The van der Waals surface area contributed by atoms with Gasteiger partial charge in [0.15, 0.2) is 0 Å². The van der Waals surface area contributed by atoms with E-state index in [1.54, 1.807) is 0 Å². The molecule has 1 saturated heterocycles. The van der Waals surface area contributed by atoms with Crippen LogP contribution in [0.2, 0.25) is 0 Å². The molecule has 104 valence electrons. The van der Waals surface area contributed by atoms with Crippen molar-refractivity contribution in [3.63, 3.8) is 0 Å². The summed E-state index contributed by atoms with van der Waals surface area (Å²) in [5, 5.41) is 6.68. The molecule has 18 heavy (non-hydrogen) atoms. The third kappa shape index (κ3) is 3.23. The van der Waals surface area contributed by atoms with Crippen LogP contribution in [-0.2, 0) is 4.79 Å². The van der Waals surface area contributed by atoms with Gasteiger partial charge in [-0.1, -0.05) is 12.8 Å². The van der Waals surface area contributed by atoms with Crippen molar-refractivity contribution in [3.8, 4) is 0 Å². The third-order valence-electron chi connectivity index (χ3n) is 4.46. The summed E-state index contributed by atoms with van der Waals surface area (Å²) in [7, 11) is 3.88. The van der Waals surface area contributed by atoms with Gasteiger partial charge >= 0.3 is 0 Å². The van der Waals surface area contributed by atoms with E-state index in [2.05, 4.69) is 10.6 Å². The Morgan fingerprint density at radius 1 is 1.39 bits per heavy atom. The molecule has 1 aliphatic carbocycles. The number of carbonyl (C=O) groups is 1. The first-order valence-electron chi connectivity index (χ1n) is 7.38. The summed E-state index contributed by atoms with van der Waals surface area (Å²) in [5.74, 6) is 1.04. The van der Waals surface area contributed by atoms with Crippen LogP contribution in [0.4, 0.5) is 0 Å². The van der Waals surface area contributed by atoms with Gasteiger partial charge in [-0.2, -0.15) is 0 Å². The van der Waals surface area contributed by atoms with Crippen LogP contribution in [0.1, 0.15) is 38.5 Å². The SMILES string of the molecule is CNCCCN(C)C(=O)C1CC2CCCCC2N1. The zero-order chi connectivity index (χ0) is 13.0. The number of nitrogens with one attached hydrogen (secondary N) is 2. The van der Waals surface area contributed by atoms with Crippen LogP contribution in [0, 0.1) is 5.92 Å². The Kier molecular flexibility index (Phi) is 5.01. The van der Waals surface area contributed by atoms with Crippen molar-refractivity contribution >= 4 is 5.91 Å². The van der Waals surface area contributed by atoms with Crippen LogP contribution in [-0.4, -0.2) is 50.1 Å². The summed E-state index contributed by atoms with van der Waals surface area (Å²) in [4.78, 5) is 14.2. The van der Waals surface area contributed by atoms with Gasteiger partial charge in [0.25, 0.3) is 0 Å². The summed E-state index contributed by atoms with van der Waals surface area (Å²) in [6.45, 7) is 1.83. The molecule has 1 heterocycles. The molecule has 1 aliphatic heterocycles. The first-order valence-corrected chi connectivity index (χ1v) is 7.38. The maximum absolute atomic E-state index is 12.3. The highest BCUT2D eigenvalue weighted by atomic mass is 16.2. The zero-order valence-corrected chi connectivity index (χ0v) is 11.7. The van der Waals surface area contributed by atoms with Crippen LogP contribution in [0.5, 0.6) is 0 Å². The fourth-order valence-electron chi connectivity index (χ4n) is 3.38. The van der Waals surface area contributed by atoms with Gasteiger partial charge in [-0.3, -0.25) is 4.79 Å². The second-order valence-corrected chi connectivity index (χ2v) is 5.82. The first-order chi connectivity index (χ1) is 8.72. The van der Waals surface area contributed by atoms with E-state index < -0.39 is 0 Å². The van der Waals surface area contributed by atoms with Gasteiger partial charge in [-0.05, 0) is 45.2 Å². The van der Waals surface area contributed by atoms with Crippen molar-refractivity contribution in [1.82, 2.24) is 15.5 Å². The van der Waals surface area contributed by atoms with E-state index in [0.717, 1.165) is 31.8 Å². The Bertz CT molecular complexity index is 268. The topological polar surface area (TPSA) is 44.4 Å². The molecule has 0 spiro atoms. The smallest absolute Gasteiger partial charge is 0.239 e. The normalized spacial score (nSPS) is 31.1. The molecule has 2 aliphatic rings. The van der Waals surface area contributed by atoms with E-state index in [0.29, 0.717) is 11.9 Å². The highest BCUT2D eigenvalue weighted by Crippen LogP contribution is 2.33. The standard InChI is InChI=1S/C14H27N3O/c1-15-8-5-9-17(2)14(18)13-10-11-6-3-4-7-12(11)16-13/h11-13,15-16H,3-10H2,1-2H3. The molecule has 4 heteroatoms. The van der Waals surface area contributed by atoms with E-state index in [-0.39, 0.29) is 6.04 Å².